The van der Waals surface area contributed by atoms with E-state index in [-0.39, 0.29) is 0 Å². The number of aryl methyl sites for hydroxylation is 2. The van der Waals surface area contributed by atoms with Gasteiger partial charge in [0.2, 0.25) is 16.0 Å². The maximum Gasteiger partial charge on any atom is 0.228 e. The fourth-order valence-corrected chi connectivity index (χ4v) is 4.09. The lowest BCUT2D eigenvalue weighted by atomic mass is 9.93. The fourth-order valence-electron chi connectivity index (χ4n) is 3.21. The van der Waals surface area contributed by atoms with Crippen molar-refractivity contribution in [3.63, 3.8) is 0 Å². The molecule has 0 radical (unpaired) electrons. The van der Waals surface area contributed by atoms with Crippen molar-refractivity contribution >= 4 is 21.8 Å². The van der Waals surface area contributed by atoms with E-state index in [1.165, 1.54) is 12.6 Å². The monoisotopic (exact) mass is 376 g/mol. The summed E-state index contributed by atoms with van der Waals surface area (Å²) in [6, 6.07) is 3.82. The molecular weight excluding hydrogens is 352 g/mol. The number of nitrogens with one attached hydrogen (secondary N) is 1. The van der Waals surface area contributed by atoms with Crippen LogP contribution in [0, 0.1) is 19.8 Å². The Balaban J connectivity index is 1.63. The van der Waals surface area contributed by atoms with E-state index in [2.05, 4.69) is 25.3 Å². The van der Waals surface area contributed by atoms with Gasteiger partial charge >= 0.3 is 0 Å². The maximum absolute atomic E-state index is 11.6. The zero-order valence-corrected chi connectivity index (χ0v) is 16.1. The molecule has 0 bridgehead atoms. The number of anilines is 2. The summed E-state index contributed by atoms with van der Waals surface area (Å²) in [5.74, 6) is 1.61. The first-order chi connectivity index (χ1) is 12.3. The van der Waals surface area contributed by atoms with Gasteiger partial charge in [-0.25, -0.2) is 32.7 Å². The first-order valence-corrected chi connectivity index (χ1v) is 10.5. The van der Waals surface area contributed by atoms with E-state index in [0.717, 1.165) is 36.3 Å². The van der Waals surface area contributed by atoms with Crippen LogP contribution in [0.5, 0.6) is 0 Å². The van der Waals surface area contributed by atoms with Gasteiger partial charge in [0, 0.05) is 36.2 Å². The van der Waals surface area contributed by atoms with Crippen molar-refractivity contribution < 1.29 is 8.42 Å². The number of rotatable bonds is 5. The van der Waals surface area contributed by atoms with Gasteiger partial charge in [0.15, 0.2) is 0 Å². The molecule has 0 unspecified atom stereocenters. The van der Waals surface area contributed by atoms with E-state index in [4.69, 9.17) is 0 Å². The van der Waals surface area contributed by atoms with Crippen LogP contribution in [0.15, 0.2) is 18.5 Å². The van der Waals surface area contributed by atoms with Gasteiger partial charge in [-0.05, 0) is 45.1 Å². The first kappa shape index (κ1) is 18.7. The van der Waals surface area contributed by atoms with Crippen molar-refractivity contribution in [2.24, 2.45) is 5.92 Å². The lowest BCUT2D eigenvalue weighted by Gasteiger charge is -2.30. The van der Waals surface area contributed by atoms with Crippen LogP contribution >= 0.6 is 0 Å². The highest BCUT2D eigenvalue weighted by Crippen LogP contribution is 2.23. The zero-order valence-electron chi connectivity index (χ0n) is 15.3. The molecule has 0 saturated carbocycles. The molecule has 0 aliphatic carbocycles. The highest BCUT2D eigenvalue weighted by molar-refractivity contribution is 7.88. The van der Waals surface area contributed by atoms with Gasteiger partial charge in [-0.1, -0.05) is 0 Å². The standard InChI is InChI=1S/C17H24N6O2S/c1-12-8-13(2)21-17(20-12)22-16-10-15(18-11-19-16)9-14-4-6-23(7-5-14)26(3,24)25/h8,10-11,14H,4-7,9H2,1-3H3,(H,18,19,20,21,22). The number of piperidine rings is 1. The van der Waals surface area contributed by atoms with Crippen molar-refractivity contribution in [2.75, 3.05) is 24.7 Å². The number of aromatic nitrogens is 4. The Labute approximate surface area is 154 Å². The van der Waals surface area contributed by atoms with E-state index in [1.54, 1.807) is 4.31 Å². The van der Waals surface area contributed by atoms with Crippen LogP contribution in [0.25, 0.3) is 0 Å². The van der Waals surface area contributed by atoms with Gasteiger partial charge in [-0.2, -0.15) is 0 Å². The van der Waals surface area contributed by atoms with Crippen molar-refractivity contribution in [3.8, 4) is 0 Å². The molecular formula is C17H24N6O2S. The Morgan fingerprint density at radius 1 is 1.12 bits per heavy atom. The van der Waals surface area contributed by atoms with Gasteiger partial charge in [0.25, 0.3) is 0 Å². The quantitative estimate of drug-likeness (QED) is 0.849. The van der Waals surface area contributed by atoms with Gasteiger partial charge in [0.1, 0.15) is 12.1 Å². The van der Waals surface area contributed by atoms with Gasteiger partial charge in [-0.15, -0.1) is 0 Å². The largest absolute Gasteiger partial charge is 0.309 e. The molecule has 2 aromatic rings. The normalized spacial score (nSPS) is 16.6. The van der Waals surface area contributed by atoms with Crippen LogP contribution in [0.3, 0.4) is 0 Å². The average molecular weight is 376 g/mol. The van der Waals surface area contributed by atoms with Gasteiger partial charge in [-0.3, -0.25) is 0 Å². The minimum absolute atomic E-state index is 0.424. The Kier molecular flexibility index (Phi) is 5.47. The summed E-state index contributed by atoms with van der Waals surface area (Å²) in [5.41, 5.74) is 2.73. The molecule has 140 valence electrons. The van der Waals surface area contributed by atoms with Crippen molar-refractivity contribution in [3.05, 3.63) is 35.5 Å². The lowest BCUT2D eigenvalue weighted by molar-refractivity contribution is 0.273. The van der Waals surface area contributed by atoms with E-state index in [0.29, 0.717) is 30.8 Å². The summed E-state index contributed by atoms with van der Waals surface area (Å²) < 4.78 is 24.8. The average Bonchev–Trinajstić information content (AvgIpc) is 2.54. The Morgan fingerprint density at radius 2 is 1.77 bits per heavy atom. The molecule has 3 heterocycles. The van der Waals surface area contributed by atoms with Gasteiger partial charge < -0.3 is 5.32 Å². The number of hydrogen-bond donors (Lipinski definition) is 1. The predicted molar refractivity (Wildman–Crippen MR) is 99.7 cm³/mol. The second kappa shape index (κ2) is 7.63. The Hall–Kier alpha value is -2.13. The molecule has 3 rings (SSSR count). The lowest BCUT2D eigenvalue weighted by Crippen LogP contribution is -2.38. The molecule has 1 aliphatic rings. The summed E-state index contributed by atoms with van der Waals surface area (Å²) in [5, 5.41) is 3.13. The smallest absolute Gasteiger partial charge is 0.228 e. The number of sulfonamides is 1. The molecule has 0 spiro atoms. The molecule has 26 heavy (non-hydrogen) atoms. The molecule has 0 amide bonds. The maximum atomic E-state index is 11.6. The summed E-state index contributed by atoms with van der Waals surface area (Å²) in [4.78, 5) is 17.3. The minimum atomic E-state index is -3.09. The van der Waals surface area contributed by atoms with Crippen LogP contribution in [-0.2, 0) is 16.4 Å². The van der Waals surface area contributed by atoms with Crippen LogP contribution in [0.2, 0.25) is 0 Å². The van der Waals surface area contributed by atoms with Gasteiger partial charge in [0.05, 0.1) is 6.26 Å². The third-order valence-electron chi connectivity index (χ3n) is 4.49. The second-order valence-corrected chi connectivity index (χ2v) is 8.79. The zero-order chi connectivity index (χ0) is 18.7. The molecule has 0 atom stereocenters. The third kappa shape index (κ3) is 4.95. The van der Waals surface area contributed by atoms with Crippen molar-refractivity contribution in [2.45, 2.75) is 33.1 Å². The highest BCUT2D eigenvalue weighted by Gasteiger charge is 2.25. The summed E-state index contributed by atoms with van der Waals surface area (Å²) in [6.07, 6.45) is 5.30. The predicted octanol–water partition coefficient (Wildman–Crippen LogP) is 1.84. The Morgan fingerprint density at radius 3 is 2.38 bits per heavy atom. The molecule has 1 N–H and O–H groups in total. The highest BCUT2D eigenvalue weighted by atomic mass is 32.2. The minimum Gasteiger partial charge on any atom is -0.309 e. The van der Waals surface area contributed by atoms with E-state index >= 15 is 0 Å². The summed E-state index contributed by atoms with van der Waals surface area (Å²) in [6.45, 7) is 5.01. The number of hydrogen-bond acceptors (Lipinski definition) is 7. The van der Waals surface area contributed by atoms with E-state index < -0.39 is 10.0 Å². The molecule has 8 nitrogen and oxygen atoms in total. The summed E-state index contributed by atoms with van der Waals surface area (Å²) in [7, 11) is -3.09. The molecule has 0 aromatic carbocycles. The first-order valence-electron chi connectivity index (χ1n) is 8.65. The van der Waals surface area contributed by atoms with Crippen molar-refractivity contribution in [1.29, 1.82) is 0 Å². The summed E-state index contributed by atoms with van der Waals surface area (Å²) >= 11 is 0. The second-order valence-electron chi connectivity index (χ2n) is 6.80. The van der Waals surface area contributed by atoms with Crippen LogP contribution in [0.1, 0.15) is 29.9 Å². The molecule has 1 aliphatic heterocycles. The van der Waals surface area contributed by atoms with Crippen molar-refractivity contribution in [1.82, 2.24) is 24.2 Å². The van der Waals surface area contributed by atoms with Crippen LogP contribution in [0.4, 0.5) is 11.8 Å². The topological polar surface area (TPSA) is 101 Å². The Bertz CT molecular complexity index is 858. The van der Waals surface area contributed by atoms with Crippen LogP contribution < -0.4 is 5.32 Å². The molecule has 1 saturated heterocycles. The van der Waals surface area contributed by atoms with Crippen LogP contribution in [-0.4, -0.2) is 52.0 Å². The molecule has 2 aromatic heterocycles. The molecule has 1 fully saturated rings. The fraction of sp³-hybridized carbons (Fsp3) is 0.529. The SMILES string of the molecule is Cc1cc(C)nc(Nc2cc(CC3CCN(S(C)(=O)=O)CC3)ncn2)n1. The number of nitrogens with zero attached hydrogens (tertiary/aromatic N) is 5. The van der Waals surface area contributed by atoms with E-state index in [1.807, 2.05) is 26.0 Å². The third-order valence-corrected chi connectivity index (χ3v) is 5.79. The van der Waals surface area contributed by atoms with E-state index in [9.17, 15) is 8.42 Å². The molecule has 9 heteroatoms.